The highest BCUT2D eigenvalue weighted by Gasteiger charge is 2.31. The van der Waals surface area contributed by atoms with Gasteiger partial charge >= 0.3 is 0 Å². The zero-order chi connectivity index (χ0) is 24.2. The minimum Gasteiger partial charge on any atom is -0.497 e. The van der Waals surface area contributed by atoms with Gasteiger partial charge in [-0.2, -0.15) is 4.68 Å². The third-order valence-corrected chi connectivity index (χ3v) is 6.07. The summed E-state index contributed by atoms with van der Waals surface area (Å²) in [5, 5.41) is 16.0. The first-order valence-corrected chi connectivity index (χ1v) is 11.5. The van der Waals surface area contributed by atoms with E-state index in [1.807, 2.05) is 83.8 Å². The number of ether oxygens (including phenoxy) is 1. The number of nitrogens with zero attached hydrogens (tertiary/aromatic N) is 5. The van der Waals surface area contributed by atoms with Gasteiger partial charge in [-0.15, -0.1) is 0 Å². The molecular weight excluding hydrogens is 464 g/mol. The van der Waals surface area contributed by atoms with Crippen LogP contribution in [0.25, 0.3) is 5.70 Å². The highest BCUT2D eigenvalue weighted by Crippen LogP contribution is 2.36. The van der Waals surface area contributed by atoms with E-state index in [9.17, 15) is 4.79 Å². The topological polar surface area (TPSA) is 85.2 Å². The third-order valence-electron chi connectivity index (χ3n) is 5.82. The Kier molecular flexibility index (Phi) is 6.45. The van der Waals surface area contributed by atoms with E-state index in [1.54, 1.807) is 11.8 Å². The molecule has 8 nitrogen and oxygen atoms in total. The largest absolute Gasteiger partial charge is 0.497 e. The fourth-order valence-electron chi connectivity index (χ4n) is 4.02. The molecule has 0 saturated carbocycles. The molecule has 1 aliphatic heterocycles. The molecule has 176 valence electrons. The predicted octanol–water partition coefficient (Wildman–Crippen LogP) is 4.10. The van der Waals surface area contributed by atoms with E-state index in [-0.39, 0.29) is 18.5 Å². The lowest BCUT2D eigenvalue weighted by atomic mass is 10.0. The Morgan fingerprint density at radius 2 is 1.77 bits per heavy atom. The molecule has 2 heterocycles. The molecule has 1 atom stereocenters. The summed E-state index contributed by atoms with van der Waals surface area (Å²) >= 11 is 6.14. The number of carbonyl (C=O) groups excluding carboxylic acids is 1. The second-order valence-corrected chi connectivity index (χ2v) is 8.49. The van der Waals surface area contributed by atoms with Gasteiger partial charge in [0.05, 0.1) is 12.8 Å². The summed E-state index contributed by atoms with van der Waals surface area (Å²) < 4.78 is 6.92. The number of halogens is 1. The van der Waals surface area contributed by atoms with E-state index in [0.717, 1.165) is 28.1 Å². The Morgan fingerprint density at radius 1 is 1.03 bits per heavy atom. The van der Waals surface area contributed by atoms with Gasteiger partial charge in [-0.1, -0.05) is 71.3 Å². The molecule has 0 aliphatic carbocycles. The van der Waals surface area contributed by atoms with E-state index in [0.29, 0.717) is 17.5 Å². The SMILES string of the molecule is COc1ccc(CNC(=O)CN2C(c3ccc(Cl)cc3)=C[C@@H](c3ccccc3)n3nnnc32)cc1. The number of amides is 1. The molecule has 35 heavy (non-hydrogen) atoms. The second-order valence-electron chi connectivity index (χ2n) is 8.05. The van der Waals surface area contributed by atoms with Gasteiger partial charge < -0.3 is 10.1 Å². The summed E-state index contributed by atoms with van der Waals surface area (Å²) in [5.41, 5.74) is 3.75. The molecule has 1 aromatic heterocycles. The maximum absolute atomic E-state index is 13.0. The number of aromatic nitrogens is 4. The van der Waals surface area contributed by atoms with Gasteiger partial charge in [0.2, 0.25) is 5.91 Å². The van der Waals surface area contributed by atoms with Crippen LogP contribution in [-0.2, 0) is 11.3 Å². The summed E-state index contributed by atoms with van der Waals surface area (Å²) in [6, 6.07) is 24.9. The Balaban J connectivity index is 1.43. The molecule has 4 aromatic rings. The molecule has 1 amide bonds. The standard InChI is InChI=1S/C26H23ClN6O2/c1-35-22-13-7-18(8-14-22)16-28-25(34)17-32-23(20-9-11-21(27)12-10-20)15-24(19-5-3-2-4-6-19)33-26(32)29-30-31-33/h2-15,24H,16-17H2,1H3,(H,28,34)/t24-/m0/s1. The van der Waals surface area contributed by atoms with Crippen LogP contribution < -0.4 is 15.0 Å². The van der Waals surface area contributed by atoms with Crippen molar-refractivity contribution in [1.29, 1.82) is 0 Å². The van der Waals surface area contributed by atoms with E-state index >= 15 is 0 Å². The van der Waals surface area contributed by atoms with Gasteiger partial charge in [-0.05, 0) is 57.5 Å². The summed E-state index contributed by atoms with van der Waals surface area (Å²) in [5.74, 6) is 1.10. The van der Waals surface area contributed by atoms with Crippen LogP contribution in [0.1, 0.15) is 22.7 Å². The highest BCUT2D eigenvalue weighted by atomic mass is 35.5. The maximum Gasteiger partial charge on any atom is 0.251 e. The number of carbonyl (C=O) groups is 1. The van der Waals surface area contributed by atoms with Crippen molar-refractivity contribution in [3.8, 4) is 5.75 Å². The van der Waals surface area contributed by atoms with Crippen LogP contribution >= 0.6 is 11.6 Å². The minimum atomic E-state index is -0.217. The molecule has 0 radical (unpaired) electrons. The lowest BCUT2D eigenvalue weighted by Gasteiger charge is -2.32. The monoisotopic (exact) mass is 486 g/mol. The number of allylic oxidation sites excluding steroid dienone is 1. The van der Waals surface area contributed by atoms with Crippen LogP contribution in [0.4, 0.5) is 5.95 Å². The average Bonchev–Trinajstić information content (AvgIpc) is 3.39. The quantitative estimate of drug-likeness (QED) is 0.423. The molecule has 9 heteroatoms. The molecule has 3 aromatic carbocycles. The molecular formula is C26H23ClN6O2. The lowest BCUT2D eigenvalue weighted by molar-refractivity contribution is -0.119. The molecule has 1 N–H and O–H groups in total. The fourth-order valence-corrected chi connectivity index (χ4v) is 4.15. The lowest BCUT2D eigenvalue weighted by Crippen LogP contribution is -2.39. The van der Waals surface area contributed by atoms with Gasteiger partial charge in [0.1, 0.15) is 18.3 Å². The van der Waals surface area contributed by atoms with Crippen molar-refractivity contribution in [2.45, 2.75) is 12.6 Å². The van der Waals surface area contributed by atoms with Crippen molar-refractivity contribution in [3.63, 3.8) is 0 Å². The van der Waals surface area contributed by atoms with Crippen LogP contribution in [0.3, 0.4) is 0 Å². The molecule has 0 saturated heterocycles. The summed E-state index contributed by atoms with van der Waals surface area (Å²) in [7, 11) is 1.62. The van der Waals surface area contributed by atoms with Crippen LogP contribution in [0.2, 0.25) is 5.02 Å². The Bertz CT molecular complexity index is 1340. The van der Waals surface area contributed by atoms with Crippen molar-refractivity contribution >= 4 is 29.2 Å². The van der Waals surface area contributed by atoms with Crippen LogP contribution in [0, 0.1) is 0 Å². The van der Waals surface area contributed by atoms with Gasteiger partial charge in [-0.25, -0.2) is 0 Å². The number of benzene rings is 3. The molecule has 0 fully saturated rings. The first kappa shape index (κ1) is 22.6. The van der Waals surface area contributed by atoms with Crippen LogP contribution in [-0.4, -0.2) is 39.8 Å². The number of hydrogen-bond acceptors (Lipinski definition) is 6. The Morgan fingerprint density at radius 3 is 2.49 bits per heavy atom. The van der Waals surface area contributed by atoms with Crippen LogP contribution in [0.5, 0.6) is 5.75 Å². The first-order chi connectivity index (χ1) is 17.1. The highest BCUT2D eigenvalue weighted by molar-refractivity contribution is 6.30. The minimum absolute atomic E-state index is 0.0481. The number of methoxy groups -OCH3 is 1. The smallest absolute Gasteiger partial charge is 0.251 e. The summed E-state index contributed by atoms with van der Waals surface area (Å²) in [6.45, 7) is 0.445. The normalized spacial score (nSPS) is 14.7. The van der Waals surface area contributed by atoms with E-state index < -0.39 is 0 Å². The average molecular weight is 487 g/mol. The Labute approximate surface area is 207 Å². The molecule has 1 aliphatic rings. The number of fused-ring (bicyclic) bond motifs is 1. The maximum atomic E-state index is 13.0. The molecule has 0 spiro atoms. The predicted molar refractivity (Wildman–Crippen MR) is 134 cm³/mol. The van der Waals surface area contributed by atoms with E-state index in [4.69, 9.17) is 16.3 Å². The zero-order valence-corrected chi connectivity index (χ0v) is 19.8. The van der Waals surface area contributed by atoms with Crippen molar-refractivity contribution < 1.29 is 9.53 Å². The van der Waals surface area contributed by atoms with Crippen molar-refractivity contribution in [2.24, 2.45) is 0 Å². The Hall–Kier alpha value is -4.17. The number of anilines is 1. The zero-order valence-electron chi connectivity index (χ0n) is 19.0. The van der Waals surface area contributed by atoms with Gasteiger partial charge in [0, 0.05) is 11.6 Å². The first-order valence-electron chi connectivity index (χ1n) is 11.1. The molecule has 5 rings (SSSR count). The number of tetrazole rings is 1. The van der Waals surface area contributed by atoms with Crippen molar-refractivity contribution in [3.05, 3.63) is 107 Å². The summed E-state index contributed by atoms with van der Waals surface area (Å²) in [6.07, 6.45) is 2.07. The van der Waals surface area contributed by atoms with Crippen LogP contribution in [0.15, 0.2) is 84.9 Å². The van der Waals surface area contributed by atoms with Crippen molar-refractivity contribution in [2.75, 3.05) is 18.6 Å². The van der Waals surface area contributed by atoms with E-state index in [2.05, 4.69) is 26.9 Å². The fraction of sp³-hybridized carbons (Fsp3) is 0.154. The second kappa shape index (κ2) is 9.99. The van der Waals surface area contributed by atoms with Gasteiger partial charge in [0.15, 0.2) is 0 Å². The number of hydrogen-bond donors (Lipinski definition) is 1. The third kappa shape index (κ3) is 4.88. The van der Waals surface area contributed by atoms with E-state index in [1.165, 1.54) is 0 Å². The molecule has 0 unspecified atom stereocenters. The molecule has 0 bridgehead atoms. The summed E-state index contributed by atoms with van der Waals surface area (Å²) in [4.78, 5) is 14.8. The van der Waals surface area contributed by atoms with Gasteiger partial charge in [0.25, 0.3) is 5.95 Å². The number of nitrogens with one attached hydrogen (secondary N) is 1. The van der Waals surface area contributed by atoms with Crippen molar-refractivity contribution in [1.82, 2.24) is 25.5 Å². The van der Waals surface area contributed by atoms with Gasteiger partial charge in [-0.3, -0.25) is 9.69 Å². The number of rotatable bonds is 7.